The molecule has 1 N–H and O–H groups in total. The summed E-state index contributed by atoms with van der Waals surface area (Å²) in [4.78, 5) is 0. The van der Waals surface area contributed by atoms with Crippen LogP contribution in [0.5, 0.6) is 0 Å². The number of ether oxygens (including phenoxy) is 1. The maximum absolute atomic E-state index is 11.9. The van der Waals surface area contributed by atoms with Crippen molar-refractivity contribution in [2.24, 2.45) is 0 Å². The Bertz CT molecular complexity index is 264. The Morgan fingerprint density at radius 1 is 1.31 bits per heavy atom. The summed E-state index contributed by atoms with van der Waals surface area (Å²) in [5.74, 6) is 0.163. The van der Waals surface area contributed by atoms with E-state index in [9.17, 15) is 8.42 Å². The second-order valence-electron chi connectivity index (χ2n) is 4.15. The first kappa shape index (κ1) is 15.9. The number of rotatable bonds is 9. The molecule has 0 spiro atoms. The van der Waals surface area contributed by atoms with Gasteiger partial charge < -0.3 is 10.1 Å². The molecule has 0 rings (SSSR count). The van der Waals surface area contributed by atoms with Crippen molar-refractivity contribution in [1.29, 1.82) is 0 Å². The molecule has 5 heteroatoms. The summed E-state index contributed by atoms with van der Waals surface area (Å²) in [6.45, 7) is 6.98. The highest BCUT2D eigenvalue weighted by atomic mass is 32.2. The lowest BCUT2D eigenvalue weighted by molar-refractivity contribution is 0.173. The fourth-order valence-electron chi connectivity index (χ4n) is 1.41. The van der Waals surface area contributed by atoms with Crippen LogP contribution >= 0.6 is 0 Å². The van der Waals surface area contributed by atoms with Gasteiger partial charge in [0.2, 0.25) is 0 Å². The Hall–Kier alpha value is -0.130. The number of hydrogen-bond acceptors (Lipinski definition) is 4. The van der Waals surface area contributed by atoms with Crippen molar-refractivity contribution in [3.63, 3.8) is 0 Å². The van der Waals surface area contributed by atoms with Crippen molar-refractivity contribution in [1.82, 2.24) is 5.32 Å². The van der Waals surface area contributed by atoms with Crippen LogP contribution in [0.1, 0.15) is 33.6 Å². The third kappa shape index (κ3) is 5.82. The molecule has 0 aliphatic rings. The van der Waals surface area contributed by atoms with E-state index in [0.29, 0.717) is 13.0 Å². The molecule has 0 bridgehead atoms. The van der Waals surface area contributed by atoms with Crippen molar-refractivity contribution in [2.75, 3.05) is 26.0 Å². The van der Waals surface area contributed by atoms with Crippen LogP contribution in [0.3, 0.4) is 0 Å². The van der Waals surface area contributed by atoms with Gasteiger partial charge in [0.1, 0.15) is 0 Å². The van der Waals surface area contributed by atoms with Gasteiger partial charge in [-0.1, -0.05) is 13.8 Å². The lowest BCUT2D eigenvalue weighted by atomic mass is 10.3. The maximum Gasteiger partial charge on any atom is 0.154 e. The lowest BCUT2D eigenvalue weighted by Gasteiger charge is -2.19. The minimum atomic E-state index is -3.00. The molecule has 4 nitrogen and oxygen atoms in total. The standard InChI is InChI=1S/C11H25NO3S/c1-5-7-12-11(8-15-4)9-16(13,14)10(3)6-2/h10-12H,5-9H2,1-4H3. The molecule has 0 fully saturated rings. The van der Waals surface area contributed by atoms with E-state index in [1.807, 2.05) is 6.92 Å². The van der Waals surface area contributed by atoms with E-state index in [1.54, 1.807) is 14.0 Å². The van der Waals surface area contributed by atoms with E-state index in [0.717, 1.165) is 13.0 Å². The molecular weight excluding hydrogens is 226 g/mol. The molecule has 0 aliphatic heterocycles. The van der Waals surface area contributed by atoms with Crippen LogP contribution in [0.2, 0.25) is 0 Å². The normalized spacial score (nSPS) is 16.0. The molecule has 0 heterocycles. The van der Waals surface area contributed by atoms with Crippen molar-refractivity contribution in [2.45, 2.75) is 44.9 Å². The van der Waals surface area contributed by atoms with Crippen LogP contribution in [0, 0.1) is 0 Å². The van der Waals surface area contributed by atoms with E-state index < -0.39 is 9.84 Å². The van der Waals surface area contributed by atoms with E-state index in [1.165, 1.54) is 0 Å². The van der Waals surface area contributed by atoms with Crippen LogP contribution in [0.25, 0.3) is 0 Å². The zero-order valence-electron chi connectivity index (χ0n) is 10.8. The highest BCUT2D eigenvalue weighted by Gasteiger charge is 2.23. The van der Waals surface area contributed by atoms with Crippen LogP contribution in [0.4, 0.5) is 0 Å². The Balaban J connectivity index is 4.36. The monoisotopic (exact) mass is 251 g/mol. The second-order valence-corrected chi connectivity index (χ2v) is 6.62. The Kier molecular flexibility index (Phi) is 7.97. The smallest absolute Gasteiger partial charge is 0.154 e. The minimum absolute atomic E-state index is 0.0936. The highest BCUT2D eigenvalue weighted by molar-refractivity contribution is 7.92. The summed E-state index contributed by atoms with van der Waals surface area (Å²) in [6, 6.07) is -0.0936. The summed E-state index contributed by atoms with van der Waals surface area (Å²) >= 11 is 0. The predicted molar refractivity (Wildman–Crippen MR) is 67.5 cm³/mol. The van der Waals surface area contributed by atoms with Crippen molar-refractivity contribution in [3.8, 4) is 0 Å². The quantitative estimate of drug-likeness (QED) is 0.669. The SMILES string of the molecule is CCCNC(COC)CS(=O)(=O)C(C)CC. The van der Waals surface area contributed by atoms with Gasteiger partial charge in [-0.15, -0.1) is 0 Å². The molecule has 0 aromatic heterocycles. The minimum Gasteiger partial charge on any atom is -0.383 e. The second kappa shape index (κ2) is 8.03. The van der Waals surface area contributed by atoms with Gasteiger partial charge in [0.15, 0.2) is 9.84 Å². The highest BCUT2D eigenvalue weighted by Crippen LogP contribution is 2.08. The number of sulfone groups is 1. The fraction of sp³-hybridized carbons (Fsp3) is 1.00. The zero-order chi connectivity index (χ0) is 12.6. The van der Waals surface area contributed by atoms with Crippen LogP contribution in [-0.4, -0.2) is 45.7 Å². The Morgan fingerprint density at radius 2 is 1.94 bits per heavy atom. The number of nitrogens with one attached hydrogen (secondary N) is 1. The van der Waals surface area contributed by atoms with Crippen molar-refractivity contribution < 1.29 is 13.2 Å². The van der Waals surface area contributed by atoms with Gasteiger partial charge in [0.25, 0.3) is 0 Å². The largest absolute Gasteiger partial charge is 0.383 e. The fourth-order valence-corrected chi connectivity index (χ4v) is 3.03. The van der Waals surface area contributed by atoms with Gasteiger partial charge in [0.05, 0.1) is 17.6 Å². The van der Waals surface area contributed by atoms with E-state index in [2.05, 4.69) is 12.2 Å². The molecule has 98 valence electrons. The molecule has 16 heavy (non-hydrogen) atoms. The zero-order valence-corrected chi connectivity index (χ0v) is 11.6. The third-order valence-electron chi connectivity index (χ3n) is 2.67. The number of methoxy groups -OCH3 is 1. The summed E-state index contributed by atoms with van der Waals surface area (Å²) in [6.07, 6.45) is 1.65. The maximum atomic E-state index is 11.9. The molecule has 2 unspecified atom stereocenters. The van der Waals surface area contributed by atoms with Gasteiger partial charge in [-0.25, -0.2) is 8.42 Å². The molecule has 0 amide bonds. The Labute approximate surface area is 99.7 Å². The average Bonchev–Trinajstić information content (AvgIpc) is 2.24. The molecule has 0 aromatic carbocycles. The summed E-state index contributed by atoms with van der Waals surface area (Å²) < 4.78 is 28.9. The molecule has 0 saturated carbocycles. The molecule has 0 aliphatic carbocycles. The van der Waals surface area contributed by atoms with Crippen LogP contribution in [0.15, 0.2) is 0 Å². The molecular formula is C11H25NO3S. The summed E-state index contributed by atoms with van der Waals surface area (Å²) in [5.41, 5.74) is 0. The van der Waals surface area contributed by atoms with Gasteiger partial charge >= 0.3 is 0 Å². The van der Waals surface area contributed by atoms with Crippen LogP contribution in [-0.2, 0) is 14.6 Å². The van der Waals surface area contributed by atoms with E-state index in [4.69, 9.17) is 4.74 Å². The predicted octanol–water partition coefficient (Wildman–Crippen LogP) is 1.21. The lowest BCUT2D eigenvalue weighted by Crippen LogP contribution is -2.41. The molecule has 0 saturated heterocycles. The first-order valence-electron chi connectivity index (χ1n) is 5.91. The molecule has 2 atom stereocenters. The first-order valence-corrected chi connectivity index (χ1v) is 7.63. The van der Waals surface area contributed by atoms with E-state index >= 15 is 0 Å². The van der Waals surface area contributed by atoms with Gasteiger partial charge in [0, 0.05) is 13.2 Å². The Morgan fingerprint density at radius 3 is 2.38 bits per heavy atom. The van der Waals surface area contributed by atoms with Gasteiger partial charge in [-0.05, 0) is 26.3 Å². The van der Waals surface area contributed by atoms with E-state index in [-0.39, 0.29) is 17.0 Å². The van der Waals surface area contributed by atoms with Crippen molar-refractivity contribution in [3.05, 3.63) is 0 Å². The average molecular weight is 251 g/mol. The topological polar surface area (TPSA) is 55.4 Å². The van der Waals surface area contributed by atoms with Crippen molar-refractivity contribution >= 4 is 9.84 Å². The van der Waals surface area contributed by atoms with Gasteiger partial charge in [-0.3, -0.25) is 0 Å². The third-order valence-corrected chi connectivity index (χ3v) is 5.10. The van der Waals surface area contributed by atoms with Crippen LogP contribution < -0.4 is 5.32 Å². The number of hydrogen-bond donors (Lipinski definition) is 1. The molecule has 0 aromatic rings. The van der Waals surface area contributed by atoms with Gasteiger partial charge in [-0.2, -0.15) is 0 Å². The summed E-state index contributed by atoms with van der Waals surface area (Å²) in [7, 11) is -1.41. The molecule has 0 radical (unpaired) electrons. The summed E-state index contributed by atoms with van der Waals surface area (Å²) in [5, 5.41) is 2.93. The first-order chi connectivity index (χ1) is 7.47.